The zero-order valence-corrected chi connectivity index (χ0v) is 13.6. The maximum absolute atomic E-state index is 5.52. The smallest absolute Gasteiger partial charge is 0.119 e. The Morgan fingerprint density at radius 2 is 1.90 bits per heavy atom. The van der Waals surface area contributed by atoms with Crippen LogP contribution in [0, 0.1) is 0 Å². The highest BCUT2D eigenvalue weighted by Gasteiger charge is 2.17. The van der Waals surface area contributed by atoms with Gasteiger partial charge in [0.05, 0.1) is 6.61 Å². The lowest BCUT2D eigenvalue weighted by Crippen LogP contribution is -2.36. The average Bonchev–Trinajstić information content (AvgIpc) is 2.71. The van der Waals surface area contributed by atoms with Crippen molar-refractivity contribution in [2.24, 2.45) is 0 Å². The number of ether oxygens (including phenoxy) is 1. The van der Waals surface area contributed by atoms with Crippen LogP contribution < -0.4 is 10.1 Å². The molecule has 0 aromatic heterocycles. The second kappa shape index (κ2) is 8.37. The molecule has 1 heterocycles. The third kappa shape index (κ3) is 4.99. The topological polar surface area (TPSA) is 27.7 Å². The number of nitrogens with one attached hydrogen (secondary N) is 1. The third-order valence-corrected chi connectivity index (χ3v) is 4.19. The summed E-state index contributed by atoms with van der Waals surface area (Å²) in [5, 5.41) is 3.45. The quantitative estimate of drug-likeness (QED) is 0.867. The maximum Gasteiger partial charge on any atom is 0.119 e. The lowest BCUT2D eigenvalue weighted by Gasteiger charge is -2.26. The summed E-state index contributed by atoms with van der Waals surface area (Å²) in [5.41, 5.74) is 1.33. The Balaban J connectivity index is 1.95. The number of rotatable bonds is 6. The summed E-state index contributed by atoms with van der Waals surface area (Å²) in [6.07, 6.45) is 1.26. The molecule has 0 saturated carbocycles. The van der Waals surface area contributed by atoms with Crippen molar-refractivity contribution in [3.63, 3.8) is 0 Å². The minimum Gasteiger partial charge on any atom is -0.494 e. The van der Waals surface area contributed by atoms with Gasteiger partial charge in [-0.2, -0.15) is 0 Å². The standard InChI is InChI=1S/C17H29N3O/c1-4-21-16-8-6-15(7-9-16)17(18-2)14-20-11-5-10-19(3)12-13-20/h6-9,17-18H,4-5,10-14H2,1-3H3. The first-order chi connectivity index (χ1) is 10.2. The van der Waals surface area contributed by atoms with E-state index >= 15 is 0 Å². The first kappa shape index (κ1) is 16.3. The zero-order chi connectivity index (χ0) is 15.1. The molecule has 0 aliphatic carbocycles. The molecule has 118 valence electrons. The molecule has 4 nitrogen and oxygen atoms in total. The van der Waals surface area contributed by atoms with Gasteiger partial charge in [0.15, 0.2) is 0 Å². The van der Waals surface area contributed by atoms with Crippen molar-refractivity contribution in [2.45, 2.75) is 19.4 Å². The van der Waals surface area contributed by atoms with E-state index in [1.807, 2.05) is 14.0 Å². The third-order valence-electron chi connectivity index (χ3n) is 4.19. The van der Waals surface area contributed by atoms with E-state index in [2.05, 4.69) is 46.4 Å². The van der Waals surface area contributed by atoms with Crippen molar-refractivity contribution < 1.29 is 4.74 Å². The first-order valence-electron chi connectivity index (χ1n) is 8.04. The number of benzene rings is 1. The largest absolute Gasteiger partial charge is 0.494 e. The summed E-state index contributed by atoms with van der Waals surface area (Å²) < 4.78 is 5.52. The first-order valence-corrected chi connectivity index (χ1v) is 8.04. The summed E-state index contributed by atoms with van der Waals surface area (Å²) in [7, 11) is 4.26. The molecule has 1 aliphatic rings. The van der Waals surface area contributed by atoms with Gasteiger partial charge in [-0.05, 0) is 58.2 Å². The molecule has 0 radical (unpaired) electrons. The van der Waals surface area contributed by atoms with Crippen LogP contribution in [0.2, 0.25) is 0 Å². The van der Waals surface area contributed by atoms with E-state index in [4.69, 9.17) is 4.74 Å². The van der Waals surface area contributed by atoms with Crippen molar-refractivity contribution in [1.82, 2.24) is 15.1 Å². The molecule has 1 aromatic rings. The molecule has 1 aliphatic heterocycles. The molecule has 1 saturated heterocycles. The fraction of sp³-hybridized carbons (Fsp3) is 0.647. The normalized spacial score (nSPS) is 19.2. The Bertz CT molecular complexity index is 407. The molecule has 1 unspecified atom stereocenters. The Morgan fingerprint density at radius 3 is 2.57 bits per heavy atom. The molecular formula is C17H29N3O. The maximum atomic E-state index is 5.52. The number of nitrogens with zero attached hydrogens (tertiary/aromatic N) is 2. The van der Waals surface area contributed by atoms with E-state index in [9.17, 15) is 0 Å². The molecule has 0 bridgehead atoms. The molecule has 21 heavy (non-hydrogen) atoms. The fourth-order valence-corrected chi connectivity index (χ4v) is 2.87. The average molecular weight is 291 g/mol. The van der Waals surface area contributed by atoms with Crippen LogP contribution >= 0.6 is 0 Å². The number of likely N-dealkylation sites (N-methyl/N-ethyl adjacent to an activating group) is 2. The summed E-state index contributed by atoms with van der Waals surface area (Å²) in [6.45, 7) is 8.53. The molecule has 4 heteroatoms. The fourth-order valence-electron chi connectivity index (χ4n) is 2.87. The van der Waals surface area contributed by atoms with Gasteiger partial charge in [-0.25, -0.2) is 0 Å². The number of hydrogen-bond donors (Lipinski definition) is 1. The van der Waals surface area contributed by atoms with Crippen molar-refractivity contribution in [3.8, 4) is 5.75 Å². The van der Waals surface area contributed by atoms with Crippen LogP contribution in [-0.2, 0) is 0 Å². The van der Waals surface area contributed by atoms with Gasteiger partial charge < -0.3 is 19.9 Å². The van der Waals surface area contributed by atoms with Gasteiger partial charge in [-0.1, -0.05) is 12.1 Å². The highest BCUT2D eigenvalue weighted by atomic mass is 16.5. The van der Waals surface area contributed by atoms with E-state index in [-0.39, 0.29) is 0 Å². The van der Waals surface area contributed by atoms with Crippen LogP contribution in [0.25, 0.3) is 0 Å². The number of hydrogen-bond acceptors (Lipinski definition) is 4. The molecule has 1 fully saturated rings. The summed E-state index contributed by atoms with van der Waals surface area (Å²) in [4.78, 5) is 4.99. The minimum atomic E-state index is 0.379. The Morgan fingerprint density at radius 1 is 1.14 bits per heavy atom. The Kier molecular flexibility index (Phi) is 6.49. The van der Waals surface area contributed by atoms with Gasteiger partial charge in [0.25, 0.3) is 0 Å². The minimum absolute atomic E-state index is 0.379. The van der Waals surface area contributed by atoms with Crippen LogP contribution in [0.1, 0.15) is 24.9 Å². The second-order valence-electron chi connectivity index (χ2n) is 5.80. The lowest BCUT2D eigenvalue weighted by molar-refractivity contribution is 0.251. The van der Waals surface area contributed by atoms with Crippen molar-refractivity contribution in [3.05, 3.63) is 29.8 Å². The zero-order valence-electron chi connectivity index (χ0n) is 13.6. The summed E-state index contributed by atoms with van der Waals surface area (Å²) in [5.74, 6) is 0.951. The van der Waals surface area contributed by atoms with Gasteiger partial charge in [0.1, 0.15) is 5.75 Å². The molecule has 0 spiro atoms. The highest BCUT2D eigenvalue weighted by molar-refractivity contribution is 5.29. The lowest BCUT2D eigenvalue weighted by atomic mass is 10.1. The van der Waals surface area contributed by atoms with Crippen LogP contribution in [0.15, 0.2) is 24.3 Å². The van der Waals surface area contributed by atoms with Gasteiger partial charge in [0.2, 0.25) is 0 Å². The summed E-state index contributed by atoms with van der Waals surface area (Å²) in [6, 6.07) is 8.87. The Hall–Kier alpha value is -1.10. The van der Waals surface area contributed by atoms with E-state index in [0.29, 0.717) is 6.04 Å². The van der Waals surface area contributed by atoms with Crippen molar-refractivity contribution >= 4 is 0 Å². The van der Waals surface area contributed by atoms with E-state index in [0.717, 1.165) is 25.4 Å². The van der Waals surface area contributed by atoms with Crippen LogP contribution in [0.5, 0.6) is 5.75 Å². The van der Waals surface area contributed by atoms with Gasteiger partial charge in [0, 0.05) is 25.7 Å². The summed E-state index contributed by atoms with van der Waals surface area (Å²) >= 11 is 0. The highest BCUT2D eigenvalue weighted by Crippen LogP contribution is 2.19. The SMILES string of the molecule is CCOc1ccc(C(CN2CCCN(C)CC2)NC)cc1. The van der Waals surface area contributed by atoms with Crippen molar-refractivity contribution in [2.75, 3.05) is 53.4 Å². The molecule has 1 aromatic carbocycles. The van der Waals surface area contributed by atoms with Gasteiger partial charge >= 0.3 is 0 Å². The molecule has 1 atom stereocenters. The van der Waals surface area contributed by atoms with Crippen molar-refractivity contribution in [1.29, 1.82) is 0 Å². The van der Waals surface area contributed by atoms with Crippen LogP contribution in [-0.4, -0.2) is 63.2 Å². The molecule has 2 rings (SSSR count). The molecule has 1 N–H and O–H groups in total. The van der Waals surface area contributed by atoms with Crippen LogP contribution in [0.4, 0.5) is 0 Å². The van der Waals surface area contributed by atoms with E-state index < -0.39 is 0 Å². The predicted molar refractivity (Wildman–Crippen MR) is 88.0 cm³/mol. The Labute approximate surface area is 129 Å². The molecular weight excluding hydrogens is 262 g/mol. The van der Waals surface area contributed by atoms with Gasteiger partial charge in [-0.3, -0.25) is 0 Å². The van der Waals surface area contributed by atoms with E-state index in [1.54, 1.807) is 0 Å². The second-order valence-corrected chi connectivity index (χ2v) is 5.80. The predicted octanol–water partition coefficient (Wildman–Crippen LogP) is 1.98. The van der Waals surface area contributed by atoms with Crippen LogP contribution in [0.3, 0.4) is 0 Å². The molecule has 0 amide bonds. The monoisotopic (exact) mass is 291 g/mol. The van der Waals surface area contributed by atoms with E-state index in [1.165, 1.54) is 31.6 Å². The van der Waals surface area contributed by atoms with Gasteiger partial charge in [-0.15, -0.1) is 0 Å².